The summed E-state index contributed by atoms with van der Waals surface area (Å²) >= 11 is 0. The lowest BCUT2D eigenvalue weighted by Crippen LogP contribution is -2.28. The van der Waals surface area contributed by atoms with E-state index in [0.29, 0.717) is 12.0 Å². The molecule has 0 amide bonds. The van der Waals surface area contributed by atoms with E-state index in [9.17, 15) is 0 Å². The molecule has 0 aromatic carbocycles. The zero-order chi connectivity index (χ0) is 10.8. The van der Waals surface area contributed by atoms with Crippen LogP contribution in [0, 0.1) is 12.8 Å². The fourth-order valence-electron chi connectivity index (χ4n) is 2.05. The van der Waals surface area contributed by atoms with E-state index in [-0.39, 0.29) is 0 Å². The number of hydrogen-bond donors (Lipinski definition) is 1. The summed E-state index contributed by atoms with van der Waals surface area (Å²) in [5, 5.41) is 0. The maximum Gasteiger partial charge on any atom is 0.0544 e. The Labute approximate surface area is 91.3 Å². The van der Waals surface area contributed by atoms with Gasteiger partial charge in [-0.3, -0.25) is 9.88 Å². The highest BCUT2D eigenvalue weighted by Crippen LogP contribution is 2.16. The van der Waals surface area contributed by atoms with Gasteiger partial charge in [-0.2, -0.15) is 0 Å². The minimum Gasteiger partial charge on any atom is -0.326 e. The molecule has 0 aliphatic carbocycles. The highest BCUT2D eigenvalue weighted by molar-refractivity contribution is 5.12. The molecule has 0 bridgehead atoms. The SMILES string of the molecule is Cc1ccc(CN2CC(C)C(N)C2)nc1. The molecule has 2 atom stereocenters. The zero-order valence-electron chi connectivity index (χ0n) is 9.48. The Morgan fingerprint density at radius 3 is 2.80 bits per heavy atom. The van der Waals surface area contributed by atoms with Gasteiger partial charge in [0.25, 0.3) is 0 Å². The molecule has 0 saturated carbocycles. The largest absolute Gasteiger partial charge is 0.326 e. The van der Waals surface area contributed by atoms with E-state index in [1.807, 2.05) is 6.20 Å². The quantitative estimate of drug-likeness (QED) is 0.788. The van der Waals surface area contributed by atoms with Crippen molar-refractivity contribution in [3.8, 4) is 0 Å². The van der Waals surface area contributed by atoms with Crippen molar-refractivity contribution in [2.45, 2.75) is 26.4 Å². The molecule has 0 radical (unpaired) electrons. The Morgan fingerprint density at radius 2 is 2.27 bits per heavy atom. The molecule has 3 nitrogen and oxygen atoms in total. The van der Waals surface area contributed by atoms with Crippen molar-refractivity contribution in [1.82, 2.24) is 9.88 Å². The first-order chi connectivity index (χ1) is 7.15. The lowest BCUT2D eigenvalue weighted by atomic mass is 10.1. The third-order valence-electron chi connectivity index (χ3n) is 3.10. The monoisotopic (exact) mass is 205 g/mol. The molecule has 0 spiro atoms. The van der Waals surface area contributed by atoms with Gasteiger partial charge in [0, 0.05) is 31.9 Å². The second-order valence-electron chi connectivity index (χ2n) is 4.66. The second-order valence-corrected chi connectivity index (χ2v) is 4.66. The highest BCUT2D eigenvalue weighted by atomic mass is 15.2. The number of pyridine rings is 1. The first kappa shape index (κ1) is 10.6. The third kappa shape index (κ3) is 2.55. The van der Waals surface area contributed by atoms with Crippen LogP contribution in [0.15, 0.2) is 18.3 Å². The summed E-state index contributed by atoms with van der Waals surface area (Å²) in [5.41, 5.74) is 8.34. The Morgan fingerprint density at radius 1 is 1.47 bits per heavy atom. The van der Waals surface area contributed by atoms with Crippen LogP contribution in [-0.2, 0) is 6.54 Å². The Kier molecular flexibility index (Phi) is 3.03. The summed E-state index contributed by atoms with van der Waals surface area (Å²) < 4.78 is 0. The van der Waals surface area contributed by atoms with E-state index in [4.69, 9.17) is 5.73 Å². The van der Waals surface area contributed by atoms with Crippen LogP contribution in [0.2, 0.25) is 0 Å². The van der Waals surface area contributed by atoms with E-state index in [2.05, 4.69) is 35.9 Å². The molecule has 1 saturated heterocycles. The zero-order valence-corrected chi connectivity index (χ0v) is 9.48. The summed E-state index contributed by atoms with van der Waals surface area (Å²) in [5.74, 6) is 0.607. The lowest BCUT2D eigenvalue weighted by Gasteiger charge is -2.14. The molecule has 1 aliphatic rings. The van der Waals surface area contributed by atoms with Gasteiger partial charge in [0.2, 0.25) is 0 Å². The van der Waals surface area contributed by atoms with Crippen LogP contribution in [0.4, 0.5) is 0 Å². The van der Waals surface area contributed by atoms with Gasteiger partial charge in [0.1, 0.15) is 0 Å². The first-order valence-electron chi connectivity index (χ1n) is 5.54. The van der Waals surface area contributed by atoms with Gasteiger partial charge in [0.05, 0.1) is 5.69 Å². The van der Waals surface area contributed by atoms with Gasteiger partial charge in [-0.05, 0) is 24.5 Å². The van der Waals surface area contributed by atoms with Crippen LogP contribution < -0.4 is 5.73 Å². The van der Waals surface area contributed by atoms with Gasteiger partial charge in [0.15, 0.2) is 0 Å². The summed E-state index contributed by atoms with van der Waals surface area (Å²) in [6, 6.07) is 4.54. The molecule has 1 fully saturated rings. The van der Waals surface area contributed by atoms with Crippen LogP contribution >= 0.6 is 0 Å². The molecule has 82 valence electrons. The van der Waals surface area contributed by atoms with Crippen molar-refractivity contribution in [3.05, 3.63) is 29.6 Å². The maximum atomic E-state index is 5.98. The van der Waals surface area contributed by atoms with Crippen LogP contribution in [-0.4, -0.2) is 29.0 Å². The van der Waals surface area contributed by atoms with Crippen molar-refractivity contribution in [2.24, 2.45) is 11.7 Å². The number of nitrogens with zero attached hydrogens (tertiary/aromatic N) is 2. The smallest absolute Gasteiger partial charge is 0.0544 e. The average molecular weight is 205 g/mol. The van der Waals surface area contributed by atoms with Crippen molar-refractivity contribution in [2.75, 3.05) is 13.1 Å². The molecule has 1 aromatic rings. The number of likely N-dealkylation sites (tertiary alicyclic amines) is 1. The van der Waals surface area contributed by atoms with E-state index in [0.717, 1.165) is 25.3 Å². The lowest BCUT2D eigenvalue weighted by molar-refractivity contribution is 0.315. The molecule has 1 aliphatic heterocycles. The van der Waals surface area contributed by atoms with E-state index < -0.39 is 0 Å². The minimum absolute atomic E-state index is 0.329. The normalized spacial score (nSPS) is 27.1. The average Bonchev–Trinajstić information content (AvgIpc) is 2.50. The predicted octanol–water partition coefficient (Wildman–Crippen LogP) is 1.17. The molecule has 3 heteroatoms. The van der Waals surface area contributed by atoms with Crippen LogP contribution in [0.1, 0.15) is 18.2 Å². The van der Waals surface area contributed by atoms with Crippen LogP contribution in [0.3, 0.4) is 0 Å². The number of aromatic nitrogens is 1. The summed E-state index contributed by atoms with van der Waals surface area (Å²) in [6.45, 7) is 7.30. The van der Waals surface area contributed by atoms with Gasteiger partial charge < -0.3 is 5.73 Å². The van der Waals surface area contributed by atoms with Crippen molar-refractivity contribution < 1.29 is 0 Å². The molecular formula is C12H19N3. The molecular weight excluding hydrogens is 186 g/mol. The van der Waals surface area contributed by atoms with Gasteiger partial charge in [-0.15, -0.1) is 0 Å². The Hall–Kier alpha value is -0.930. The minimum atomic E-state index is 0.329. The standard InChI is InChI=1S/C12H19N3/c1-9-3-4-11(14-5-9)7-15-6-10(2)12(13)8-15/h3-5,10,12H,6-8,13H2,1-2H3. The number of nitrogens with two attached hydrogens (primary N) is 1. The number of hydrogen-bond acceptors (Lipinski definition) is 3. The topological polar surface area (TPSA) is 42.1 Å². The fourth-order valence-corrected chi connectivity index (χ4v) is 2.05. The molecule has 1 aromatic heterocycles. The predicted molar refractivity (Wildman–Crippen MR) is 61.4 cm³/mol. The van der Waals surface area contributed by atoms with E-state index in [1.165, 1.54) is 5.56 Å². The molecule has 2 unspecified atom stereocenters. The van der Waals surface area contributed by atoms with E-state index >= 15 is 0 Å². The van der Waals surface area contributed by atoms with Crippen molar-refractivity contribution in [1.29, 1.82) is 0 Å². The maximum absolute atomic E-state index is 5.98. The summed E-state index contributed by atoms with van der Waals surface area (Å²) in [6.07, 6.45) is 1.93. The van der Waals surface area contributed by atoms with Crippen LogP contribution in [0.5, 0.6) is 0 Å². The van der Waals surface area contributed by atoms with E-state index in [1.54, 1.807) is 0 Å². The summed E-state index contributed by atoms with van der Waals surface area (Å²) in [7, 11) is 0. The van der Waals surface area contributed by atoms with Gasteiger partial charge in [-0.25, -0.2) is 0 Å². The third-order valence-corrected chi connectivity index (χ3v) is 3.10. The molecule has 2 heterocycles. The Bertz CT molecular complexity index is 310. The van der Waals surface area contributed by atoms with Crippen molar-refractivity contribution in [3.63, 3.8) is 0 Å². The first-order valence-corrected chi connectivity index (χ1v) is 5.54. The summed E-state index contributed by atoms with van der Waals surface area (Å²) in [4.78, 5) is 6.79. The van der Waals surface area contributed by atoms with Crippen molar-refractivity contribution >= 4 is 0 Å². The molecule has 15 heavy (non-hydrogen) atoms. The molecule has 2 rings (SSSR count). The fraction of sp³-hybridized carbons (Fsp3) is 0.583. The molecule has 2 N–H and O–H groups in total. The second kappa shape index (κ2) is 4.29. The van der Waals surface area contributed by atoms with Crippen LogP contribution in [0.25, 0.3) is 0 Å². The number of rotatable bonds is 2. The number of aryl methyl sites for hydroxylation is 1. The highest BCUT2D eigenvalue weighted by Gasteiger charge is 2.26. The van der Waals surface area contributed by atoms with Gasteiger partial charge in [-0.1, -0.05) is 13.0 Å². The Balaban J connectivity index is 1.95. The van der Waals surface area contributed by atoms with Gasteiger partial charge >= 0.3 is 0 Å².